The van der Waals surface area contributed by atoms with Crippen LogP contribution in [0.1, 0.15) is 25.3 Å². The second kappa shape index (κ2) is 9.04. The molecule has 1 aromatic carbocycles. The summed E-state index contributed by atoms with van der Waals surface area (Å²) in [5.41, 5.74) is 1.75. The molecule has 0 spiro atoms. The van der Waals surface area contributed by atoms with Gasteiger partial charge in [-0.2, -0.15) is 0 Å². The van der Waals surface area contributed by atoms with E-state index >= 15 is 0 Å². The molecule has 2 aliphatic heterocycles. The number of aryl methyl sites for hydroxylation is 1. The van der Waals surface area contributed by atoms with Crippen molar-refractivity contribution in [3.8, 4) is 0 Å². The molecule has 3 rings (SSSR count). The summed E-state index contributed by atoms with van der Waals surface area (Å²) in [7, 11) is 0. The van der Waals surface area contributed by atoms with Crippen LogP contribution >= 0.6 is 11.6 Å². The third kappa shape index (κ3) is 5.21. The first-order chi connectivity index (χ1) is 12.9. The molecule has 0 radical (unpaired) electrons. The summed E-state index contributed by atoms with van der Waals surface area (Å²) in [6.07, 6.45) is 2.25. The van der Waals surface area contributed by atoms with Gasteiger partial charge in [0.1, 0.15) is 0 Å². The number of amides is 2. The number of piperazine rings is 1. The van der Waals surface area contributed by atoms with Gasteiger partial charge < -0.3 is 10.2 Å². The minimum Gasteiger partial charge on any atom is -0.342 e. The minimum atomic E-state index is -0.222. The summed E-state index contributed by atoms with van der Waals surface area (Å²) in [4.78, 5) is 31.3. The van der Waals surface area contributed by atoms with Crippen LogP contribution in [0.3, 0.4) is 0 Å². The number of rotatable bonds is 5. The maximum absolute atomic E-state index is 12.6. The number of carbonyl (C=O) groups is 2. The van der Waals surface area contributed by atoms with Gasteiger partial charge in [-0.3, -0.25) is 19.4 Å². The standard InChI is InChI=1S/C20H29ClN4O2/c1-15-5-6-17(21)13-18(15)22-20(27)16(2)24-11-9-23(10-12-24)14-19(26)25-7-3-4-8-25/h5-6,13,16H,3-4,7-12,14H2,1-2H3,(H,22,27). The molecule has 1 N–H and O–H groups in total. The number of halogens is 1. The average molecular weight is 393 g/mol. The number of anilines is 1. The normalized spacial score (nSPS) is 19.9. The highest BCUT2D eigenvalue weighted by Gasteiger charge is 2.28. The fourth-order valence-electron chi connectivity index (χ4n) is 3.70. The van der Waals surface area contributed by atoms with E-state index < -0.39 is 0 Å². The van der Waals surface area contributed by atoms with Gasteiger partial charge in [0.15, 0.2) is 0 Å². The predicted octanol–water partition coefficient (Wildman–Crippen LogP) is 2.22. The van der Waals surface area contributed by atoms with Crippen LogP contribution in [0.2, 0.25) is 5.02 Å². The lowest BCUT2D eigenvalue weighted by Crippen LogP contribution is -2.54. The van der Waals surface area contributed by atoms with E-state index in [1.807, 2.05) is 30.9 Å². The van der Waals surface area contributed by atoms with E-state index in [1.165, 1.54) is 0 Å². The largest absolute Gasteiger partial charge is 0.342 e. The van der Waals surface area contributed by atoms with E-state index in [-0.39, 0.29) is 17.9 Å². The van der Waals surface area contributed by atoms with E-state index in [2.05, 4.69) is 15.1 Å². The third-order valence-corrected chi connectivity index (χ3v) is 5.84. The molecule has 2 saturated heterocycles. The topological polar surface area (TPSA) is 55.9 Å². The molecule has 1 aromatic rings. The average Bonchev–Trinajstić information content (AvgIpc) is 3.19. The van der Waals surface area contributed by atoms with E-state index in [0.717, 1.165) is 63.4 Å². The van der Waals surface area contributed by atoms with Crippen LogP contribution in [-0.2, 0) is 9.59 Å². The van der Waals surface area contributed by atoms with Gasteiger partial charge in [-0.1, -0.05) is 17.7 Å². The number of carbonyl (C=O) groups excluding carboxylic acids is 2. The predicted molar refractivity (Wildman–Crippen MR) is 108 cm³/mol. The second-order valence-electron chi connectivity index (χ2n) is 7.52. The molecule has 1 unspecified atom stereocenters. The number of likely N-dealkylation sites (tertiary alicyclic amines) is 1. The molecule has 0 bridgehead atoms. The Labute approximate surface area is 166 Å². The Morgan fingerprint density at radius 1 is 1.11 bits per heavy atom. The molecule has 2 amide bonds. The Morgan fingerprint density at radius 3 is 2.44 bits per heavy atom. The lowest BCUT2D eigenvalue weighted by atomic mass is 10.1. The highest BCUT2D eigenvalue weighted by atomic mass is 35.5. The maximum atomic E-state index is 12.6. The van der Waals surface area contributed by atoms with Crippen LogP contribution in [0.15, 0.2) is 18.2 Å². The monoisotopic (exact) mass is 392 g/mol. The summed E-state index contributed by atoms with van der Waals surface area (Å²) in [6.45, 7) is 9.38. The van der Waals surface area contributed by atoms with Crippen molar-refractivity contribution in [1.29, 1.82) is 0 Å². The second-order valence-corrected chi connectivity index (χ2v) is 7.96. The van der Waals surface area contributed by atoms with Gasteiger partial charge in [0.25, 0.3) is 0 Å². The summed E-state index contributed by atoms with van der Waals surface area (Å²) >= 11 is 6.03. The molecule has 2 heterocycles. The molecular weight excluding hydrogens is 364 g/mol. The number of hydrogen-bond acceptors (Lipinski definition) is 4. The maximum Gasteiger partial charge on any atom is 0.241 e. The van der Waals surface area contributed by atoms with Gasteiger partial charge in [0.05, 0.1) is 12.6 Å². The minimum absolute atomic E-state index is 0.0260. The molecule has 7 heteroatoms. The number of nitrogens with one attached hydrogen (secondary N) is 1. The van der Waals surface area contributed by atoms with Crippen molar-refractivity contribution in [2.75, 3.05) is 51.1 Å². The summed E-state index contributed by atoms with van der Waals surface area (Å²) < 4.78 is 0. The Morgan fingerprint density at radius 2 is 1.78 bits per heavy atom. The smallest absolute Gasteiger partial charge is 0.241 e. The quantitative estimate of drug-likeness (QED) is 0.834. The summed E-state index contributed by atoms with van der Waals surface area (Å²) in [5.74, 6) is 0.213. The molecule has 6 nitrogen and oxygen atoms in total. The van der Waals surface area contributed by atoms with Gasteiger partial charge >= 0.3 is 0 Å². The van der Waals surface area contributed by atoms with Crippen molar-refractivity contribution in [3.05, 3.63) is 28.8 Å². The van der Waals surface area contributed by atoms with Crippen LogP contribution in [0.5, 0.6) is 0 Å². The van der Waals surface area contributed by atoms with E-state index in [1.54, 1.807) is 6.07 Å². The highest BCUT2D eigenvalue weighted by molar-refractivity contribution is 6.31. The van der Waals surface area contributed by atoms with Crippen LogP contribution < -0.4 is 5.32 Å². The summed E-state index contributed by atoms with van der Waals surface area (Å²) in [5, 5.41) is 3.60. The molecule has 0 saturated carbocycles. The fraction of sp³-hybridized carbons (Fsp3) is 0.600. The lowest BCUT2D eigenvalue weighted by molar-refractivity contribution is -0.132. The first-order valence-electron chi connectivity index (χ1n) is 9.75. The highest BCUT2D eigenvalue weighted by Crippen LogP contribution is 2.21. The summed E-state index contributed by atoms with van der Waals surface area (Å²) in [6, 6.07) is 5.28. The zero-order valence-electron chi connectivity index (χ0n) is 16.2. The van der Waals surface area contributed by atoms with Gasteiger partial charge in [-0.05, 0) is 44.4 Å². The van der Waals surface area contributed by atoms with E-state index in [9.17, 15) is 9.59 Å². The first kappa shape index (κ1) is 20.1. The Bertz CT molecular complexity index is 683. The first-order valence-corrected chi connectivity index (χ1v) is 10.1. The molecule has 0 aliphatic carbocycles. The molecule has 27 heavy (non-hydrogen) atoms. The van der Waals surface area contributed by atoms with Crippen LogP contribution in [0, 0.1) is 6.92 Å². The molecule has 2 fully saturated rings. The Kier molecular flexibility index (Phi) is 6.73. The van der Waals surface area contributed by atoms with Crippen LogP contribution in [0.25, 0.3) is 0 Å². The molecule has 2 aliphatic rings. The lowest BCUT2D eigenvalue weighted by Gasteiger charge is -2.37. The van der Waals surface area contributed by atoms with E-state index in [4.69, 9.17) is 11.6 Å². The van der Waals surface area contributed by atoms with Crippen molar-refractivity contribution in [1.82, 2.24) is 14.7 Å². The molecule has 1 atom stereocenters. The number of hydrogen-bond donors (Lipinski definition) is 1. The third-order valence-electron chi connectivity index (χ3n) is 5.61. The van der Waals surface area contributed by atoms with Crippen molar-refractivity contribution >= 4 is 29.1 Å². The molecule has 148 valence electrons. The fourth-order valence-corrected chi connectivity index (χ4v) is 3.87. The number of nitrogens with zero attached hydrogens (tertiary/aromatic N) is 3. The molecule has 0 aromatic heterocycles. The SMILES string of the molecule is Cc1ccc(Cl)cc1NC(=O)C(C)N1CCN(CC(=O)N2CCCC2)CC1. The van der Waals surface area contributed by atoms with Crippen LogP contribution in [-0.4, -0.2) is 78.4 Å². The van der Waals surface area contributed by atoms with Gasteiger partial charge in [0, 0.05) is 50.0 Å². The molecular formula is C20H29ClN4O2. The zero-order valence-corrected chi connectivity index (χ0v) is 17.0. The zero-order chi connectivity index (χ0) is 19.4. The van der Waals surface area contributed by atoms with Crippen molar-refractivity contribution in [3.63, 3.8) is 0 Å². The van der Waals surface area contributed by atoms with Crippen molar-refractivity contribution in [2.24, 2.45) is 0 Å². The van der Waals surface area contributed by atoms with Crippen molar-refractivity contribution in [2.45, 2.75) is 32.7 Å². The van der Waals surface area contributed by atoms with Gasteiger partial charge in [0.2, 0.25) is 11.8 Å². The van der Waals surface area contributed by atoms with Crippen molar-refractivity contribution < 1.29 is 9.59 Å². The van der Waals surface area contributed by atoms with E-state index in [0.29, 0.717) is 11.6 Å². The van der Waals surface area contributed by atoms with Gasteiger partial charge in [-0.15, -0.1) is 0 Å². The van der Waals surface area contributed by atoms with Gasteiger partial charge in [-0.25, -0.2) is 0 Å². The Hall–Kier alpha value is -1.63. The number of benzene rings is 1. The Balaban J connectivity index is 1.47. The van der Waals surface area contributed by atoms with Crippen LogP contribution in [0.4, 0.5) is 5.69 Å².